The van der Waals surface area contributed by atoms with E-state index in [2.05, 4.69) is 37.2 Å². The van der Waals surface area contributed by atoms with E-state index >= 15 is 0 Å². The van der Waals surface area contributed by atoms with Crippen molar-refractivity contribution in [3.63, 3.8) is 0 Å². The fourth-order valence-corrected chi connectivity index (χ4v) is 2.84. The van der Waals surface area contributed by atoms with Crippen molar-refractivity contribution in [2.75, 3.05) is 22.6 Å². The molecule has 8 nitrogen and oxygen atoms in total. The molecule has 28 heavy (non-hydrogen) atoms. The molecule has 0 saturated carbocycles. The molecule has 1 aromatic heterocycles. The van der Waals surface area contributed by atoms with Gasteiger partial charge < -0.3 is 15.5 Å². The maximum absolute atomic E-state index is 11.5. The first-order valence-electron chi connectivity index (χ1n) is 8.58. The summed E-state index contributed by atoms with van der Waals surface area (Å²) < 4.78 is 0. The molecule has 0 fully saturated rings. The number of halogens is 1. The van der Waals surface area contributed by atoms with Crippen LogP contribution in [0.2, 0.25) is 5.02 Å². The van der Waals surface area contributed by atoms with Crippen LogP contribution in [-0.2, 0) is 11.3 Å². The van der Waals surface area contributed by atoms with Gasteiger partial charge in [-0.05, 0) is 30.7 Å². The SMILES string of the molecule is C=CC(=O)Nc1cccc(CN(C)c2nc(NC3=NC(C)N=C3)ncc2Cl)c1. The number of carbonyl (C=O) groups excluding carboxylic acids is 1. The quantitative estimate of drug-likeness (QED) is 0.730. The Morgan fingerprint density at radius 1 is 1.43 bits per heavy atom. The van der Waals surface area contributed by atoms with Gasteiger partial charge in [0.2, 0.25) is 11.9 Å². The topological polar surface area (TPSA) is 94.9 Å². The second-order valence-corrected chi connectivity index (χ2v) is 6.57. The molecule has 2 aromatic rings. The fourth-order valence-electron chi connectivity index (χ4n) is 2.60. The maximum atomic E-state index is 11.5. The van der Waals surface area contributed by atoms with E-state index in [9.17, 15) is 4.79 Å². The second kappa shape index (κ2) is 8.62. The number of carbonyl (C=O) groups is 1. The number of benzene rings is 1. The normalized spacial score (nSPS) is 15.1. The number of rotatable bonds is 6. The average molecular weight is 398 g/mol. The number of nitrogens with zero attached hydrogens (tertiary/aromatic N) is 5. The van der Waals surface area contributed by atoms with Crippen LogP contribution >= 0.6 is 11.6 Å². The summed E-state index contributed by atoms with van der Waals surface area (Å²) in [6.45, 7) is 5.88. The highest BCUT2D eigenvalue weighted by molar-refractivity contribution is 6.35. The van der Waals surface area contributed by atoms with Crippen molar-refractivity contribution in [1.82, 2.24) is 9.97 Å². The van der Waals surface area contributed by atoms with Gasteiger partial charge in [-0.2, -0.15) is 4.98 Å². The Bertz CT molecular complexity index is 957. The number of anilines is 3. The number of hydrogen-bond donors (Lipinski definition) is 2. The summed E-state index contributed by atoms with van der Waals surface area (Å²) in [6.07, 6.45) is 4.31. The highest BCUT2D eigenvalue weighted by Gasteiger charge is 2.14. The summed E-state index contributed by atoms with van der Waals surface area (Å²) in [5.41, 5.74) is 1.68. The molecule has 1 aliphatic rings. The number of nitrogens with one attached hydrogen (secondary N) is 2. The van der Waals surface area contributed by atoms with E-state index in [1.54, 1.807) is 12.4 Å². The predicted octanol–water partition coefficient (Wildman–Crippen LogP) is 3.13. The monoisotopic (exact) mass is 397 g/mol. The smallest absolute Gasteiger partial charge is 0.247 e. The number of hydrogen-bond acceptors (Lipinski definition) is 7. The summed E-state index contributed by atoms with van der Waals surface area (Å²) in [6, 6.07) is 7.53. The van der Waals surface area contributed by atoms with Crippen molar-refractivity contribution < 1.29 is 4.79 Å². The lowest BCUT2D eigenvalue weighted by Crippen LogP contribution is -2.20. The number of amides is 1. The number of aromatic nitrogens is 2. The molecule has 0 radical (unpaired) electrons. The van der Waals surface area contributed by atoms with E-state index in [0.717, 1.165) is 5.56 Å². The van der Waals surface area contributed by atoms with Gasteiger partial charge in [-0.1, -0.05) is 30.3 Å². The molecule has 2 N–H and O–H groups in total. The van der Waals surface area contributed by atoms with Crippen LogP contribution in [0.3, 0.4) is 0 Å². The summed E-state index contributed by atoms with van der Waals surface area (Å²) in [5, 5.41) is 6.21. The van der Waals surface area contributed by atoms with Crippen LogP contribution in [-0.4, -0.2) is 41.1 Å². The first-order valence-corrected chi connectivity index (χ1v) is 8.96. The summed E-state index contributed by atoms with van der Waals surface area (Å²) in [5.74, 6) is 1.31. The molecule has 1 amide bonds. The maximum Gasteiger partial charge on any atom is 0.247 e. The molecular weight excluding hydrogens is 378 g/mol. The molecule has 0 aliphatic carbocycles. The second-order valence-electron chi connectivity index (χ2n) is 6.16. The summed E-state index contributed by atoms with van der Waals surface area (Å²) in [4.78, 5) is 30.5. The van der Waals surface area contributed by atoms with Crippen LogP contribution in [0, 0.1) is 0 Å². The Morgan fingerprint density at radius 3 is 2.96 bits per heavy atom. The fraction of sp³-hybridized carbons (Fsp3) is 0.211. The van der Waals surface area contributed by atoms with Crippen LogP contribution in [0.4, 0.5) is 17.5 Å². The van der Waals surface area contributed by atoms with Gasteiger partial charge in [0.15, 0.2) is 5.82 Å². The molecule has 144 valence electrons. The minimum absolute atomic E-state index is 0.106. The lowest BCUT2D eigenvalue weighted by atomic mass is 10.2. The zero-order valence-electron chi connectivity index (χ0n) is 15.6. The van der Waals surface area contributed by atoms with E-state index in [4.69, 9.17) is 11.6 Å². The zero-order chi connectivity index (χ0) is 20.1. The largest absolute Gasteiger partial charge is 0.354 e. The summed E-state index contributed by atoms with van der Waals surface area (Å²) in [7, 11) is 1.88. The number of amidine groups is 1. The molecule has 3 rings (SSSR count). The molecule has 1 atom stereocenters. The molecule has 1 aliphatic heterocycles. The average Bonchev–Trinajstić information content (AvgIpc) is 3.08. The van der Waals surface area contributed by atoms with E-state index in [0.29, 0.717) is 34.9 Å². The molecule has 0 bridgehead atoms. The van der Waals surface area contributed by atoms with Crippen LogP contribution in [0.25, 0.3) is 0 Å². The Kier molecular flexibility index (Phi) is 6.00. The van der Waals surface area contributed by atoms with E-state index < -0.39 is 0 Å². The molecular formula is C19H20ClN7O. The third kappa shape index (κ3) is 4.92. The van der Waals surface area contributed by atoms with Gasteiger partial charge in [0.25, 0.3) is 0 Å². The van der Waals surface area contributed by atoms with Gasteiger partial charge in [-0.25, -0.2) is 9.98 Å². The standard InChI is InChI=1S/C19H20ClN7O/c1-4-17(28)24-14-7-5-6-13(8-14)11-27(3)18-15(20)9-22-19(26-18)25-16-10-21-12(2)23-16/h4-10,12H,1,11H2,2-3H3,(H,24,28)(H,22,23,25,26). The van der Waals surface area contributed by atoms with E-state index in [-0.39, 0.29) is 12.1 Å². The first kappa shape index (κ1) is 19.5. The highest BCUT2D eigenvalue weighted by Crippen LogP contribution is 2.25. The van der Waals surface area contributed by atoms with E-state index in [1.165, 1.54) is 6.08 Å². The van der Waals surface area contributed by atoms with Crippen molar-refractivity contribution in [2.45, 2.75) is 19.6 Å². The van der Waals surface area contributed by atoms with Crippen molar-refractivity contribution in [3.8, 4) is 0 Å². The lowest BCUT2D eigenvalue weighted by molar-refractivity contribution is -0.111. The van der Waals surface area contributed by atoms with Crippen LogP contribution in [0.15, 0.2) is 53.1 Å². The van der Waals surface area contributed by atoms with Crippen molar-refractivity contribution in [1.29, 1.82) is 0 Å². The molecule has 2 heterocycles. The van der Waals surface area contributed by atoms with E-state index in [1.807, 2.05) is 43.1 Å². The molecule has 1 aromatic carbocycles. The number of aliphatic imine (C=N–C) groups is 2. The van der Waals surface area contributed by atoms with Gasteiger partial charge in [0.1, 0.15) is 17.0 Å². The Balaban J connectivity index is 1.74. The van der Waals surface area contributed by atoms with Crippen molar-refractivity contribution in [3.05, 3.63) is 53.7 Å². The first-order chi connectivity index (χ1) is 13.4. The molecule has 0 saturated heterocycles. The van der Waals surface area contributed by atoms with Gasteiger partial charge >= 0.3 is 0 Å². The van der Waals surface area contributed by atoms with Gasteiger partial charge in [-0.15, -0.1) is 0 Å². The minimum atomic E-state index is -0.257. The highest BCUT2D eigenvalue weighted by atomic mass is 35.5. The van der Waals surface area contributed by atoms with Crippen LogP contribution in [0.5, 0.6) is 0 Å². The van der Waals surface area contributed by atoms with Gasteiger partial charge in [-0.3, -0.25) is 9.79 Å². The Hall–Kier alpha value is -3.26. The predicted molar refractivity (Wildman–Crippen MR) is 113 cm³/mol. The third-order valence-electron chi connectivity index (χ3n) is 3.87. The lowest BCUT2D eigenvalue weighted by Gasteiger charge is -2.20. The van der Waals surface area contributed by atoms with Crippen LogP contribution in [0.1, 0.15) is 12.5 Å². The van der Waals surface area contributed by atoms with Crippen LogP contribution < -0.4 is 15.5 Å². The Morgan fingerprint density at radius 2 is 2.25 bits per heavy atom. The Labute approximate surface area is 168 Å². The zero-order valence-corrected chi connectivity index (χ0v) is 16.3. The van der Waals surface area contributed by atoms with Gasteiger partial charge in [0, 0.05) is 19.3 Å². The third-order valence-corrected chi connectivity index (χ3v) is 4.13. The molecule has 9 heteroatoms. The van der Waals surface area contributed by atoms with Gasteiger partial charge in [0.05, 0.1) is 12.4 Å². The molecule has 1 unspecified atom stereocenters. The van der Waals surface area contributed by atoms with Crippen molar-refractivity contribution >= 4 is 47.0 Å². The molecule has 0 spiro atoms. The van der Waals surface area contributed by atoms with Crippen molar-refractivity contribution in [2.24, 2.45) is 9.98 Å². The minimum Gasteiger partial charge on any atom is -0.354 e. The summed E-state index contributed by atoms with van der Waals surface area (Å²) >= 11 is 6.30.